The van der Waals surface area contributed by atoms with E-state index in [2.05, 4.69) is 0 Å². The van der Waals surface area contributed by atoms with Gasteiger partial charge in [0, 0.05) is 48.5 Å². The number of rotatable bonds is 14. The number of hydrogen-bond donors (Lipinski definition) is 0. The van der Waals surface area contributed by atoms with Crippen LogP contribution in [0.25, 0.3) is 5.69 Å². The van der Waals surface area contributed by atoms with E-state index in [0.717, 1.165) is 54.0 Å². The molecule has 0 unspecified atom stereocenters. The number of para-hydroxylation sites is 1. The van der Waals surface area contributed by atoms with Crippen molar-refractivity contribution in [2.75, 3.05) is 13.2 Å². The lowest BCUT2D eigenvalue weighted by molar-refractivity contribution is -0.344. The summed E-state index contributed by atoms with van der Waals surface area (Å²) in [7, 11) is 2.50. The lowest BCUT2D eigenvalue weighted by Gasteiger charge is -2.48. The number of carbonyl (C=O) groups is 7. The van der Waals surface area contributed by atoms with E-state index in [4.69, 9.17) is 57.4 Å². The van der Waals surface area contributed by atoms with Gasteiger partial charge in [0.25, 0.3) is 0 Å². The van der Waals surface area contributed by atoms with E-state index in [0.29, 0.717) is 21.0 Å². The van der Waals surface area contributed by atoms with Crippen LogP contribution in [0.4, 0.5) is 5.69 Å². The van der Waals surface area contributed by atoms with Crippen LogP contribution in [-0.2, 0) is 80.9 Å². The van der Waals surface area contributed by atoms with Crippen LogP contribution < -0.4 is 9.60 Å². The fourth-order valence-electron chi connectivity index (χ4n) is 6.61. The molecule has 0 aliphatic carbocycles. The van der Waals surface area contributed by atoms with Gasteiger partial charge in [-0.05, 0) is 51.9 Å². The van der Waals surface area contributed by atoms with E-state index in [9.17, 15) is 33.6 Å². The molecule has 20 nitrogen and oxygen atoms in total. The molecule has 2 aliphatic heterocycles. The predicted molar refractivity (Wildman–Crippen MR) is 217 cm³/mol. The van der Waals surface area contributed by atoms with Gasteiger partial charge in [-0.25, -0.2) is 9.98 Å². The molecule has 2 aliphatic rings. The van der Waals surface area contributed by atoms with Crippen LogP contribution in [-0.4, -0.2) is 121 Å². The van der Waals surface area contributed by atoms with Crippen LogP contribution in [0.5, 0.6) is 0 Å². The van der Waals surface area contributed by atoms with Gasteiger partial charge in [-0.1, -0.05) is 35.9 Å². The molecule has 1 aromatic heterocycles. The zero-order chi connectivity index (χ0) is 46.0. The lowest BCUT2D eigenvalue weighted by atomic mass is 9.95. The van der Waals surface area contributed by atoms with E-state index in [1.807, 2.05) is 61.5 Å². The normalized spacial score (nSPS) is 26.2. The smallest absolute Gasteiger partial charge is 0.303 e. The Bertz CT molecular complexity index is 2270. The minimum atomic E-state index is -1.83. The summed E-state index contributed by atoms with van der Waals surface area (Å²) in [6.07, 6.45) is -15.9. The van der Waals surface area contributed by atoms with Crippen molar-refractivity contribution in [2.45, 2.75) is 117 Å². The lowest BCUT2D eigenvalue weighted by Crippen LogP contribution is -2.67. The molecule has 0 bridgehead atoms. The van der Waals surface area contributed by atoms with Crippen molar-refractivity contribution >= 4 is 68.2 Å². The number of nitrogens with zero attached hydrogens (tertiary/aromatic N) is 3. The van der Waals surface area contributed by atoms with Crippen molar-refractivity contribution in [2.24, 2.45) is 9.98 Å². The van der Waals surface area contributed by atoms with Crippen molar-refractivity contribution in [3.8, 4) is 5.69 Å². The SMILES string of the molecule is CC(=O)OC[C@H]1O[C@@H](O[C@H]2[C@H](OC(C)=O)[C@@H](OC(C)=O)[C@H](/N=c3/ssc(=Nc4ccc(C)cc4)n3-c3ccccc3)O[C@@H]2COC(C)=O)[C@H](OC(C)=O)[C@@H](OC(C)=O)[C@H]1OC(C)=O. The second-order valence-corrected chi connectivity index (χ2v) is 16.2. The molecule has 0 N–H and O–H groups in total. The summed E-state index contributed by atoms with van der Waals surface area (Å²) >= 11 is 0. The van der Waals surface area contributed by atoms with Crippen molar-refractivity contribution in [1.29, 1.82) is 0 Å². The van der Waals surface area contributed by atoms with Gasteiger partial charge >= 0.3 is 41.8 Å². The maximum atomic E-state index is 12.9. The average molecular weight is 918 g/mol. The second kappa shape index (κ2) is 22.0. The Labute approximate surface area is 368 Å². The molecule has 0 amide bonds. The van der Waals surface area contributed by atoms with Crippen LogP contribution in [0.1, 0.15) is 54.0 Å². The number of aromatic nitrogens is 1. The zero-order valence-electron chi connectivity index (χ0n) is 35.5. The molecule has 22 heteroatoms. The largest absolute Gasteiger partial charge is 0.463 e. The molecule has 5 rings (SSSR count). The van der Waals surface area contributed by atoms with Gasteiger partial charge in [-0.2, -0.15) is 0 Å². The van der Waals surface area contributed by atoms with Crippen molar-refractivity contribution in [1.82, 2.24) is 4.57 Å². The minimum absolute atomic E-state index is 0.311. The molecular formula is C41H47N3O17S2. The third-order valence-electron chi connectivity index (χ3n) is 8.99. The molecule has 340 valence electrons. The average Bonchev–Trinajstić information content (AvgIpc) is 3.59. The highest BCUT2D eigenvalue weighted by molar-refractivity contribution is 7.67. The van der Waals surface area contributed by atoms with E-state index >= 15 is 0 Å². The topological polar surface area (TPSA) is 241 Å². The molecular weight excluding hydrogens is 871 g/mol. The van der Waals surface area contributed by atoms with Crippen LogP contribution in [0.2, 0.25) is 0 Å². The van der Waals surface area contributed by atoms with Crippen molar-refractivity contribution in [3.05, 3.63) is 69.8 Å². The molecule has 2 aromatic carbocycles. The number of ether oxygens (including phenoxy) is 10. The van der Waals surface area contributed by atoms with Gasteiger partial charge in [0.05, 0.1) is 11.4 Å². The maximum Gasteiger partial charge on any atom is 0.303 e. The number of benzene rings is 2. The Morgan fingerprint density at radius 3 is 1.57 bits per heavy atom. The van der Waals surface area contributed by atoms with Crippen LogP contribution in [0, 0.1) is 6.92 Å². The van der Waals surface area contributed by atoms with E-state index in [1.54, 1.807) is 4.57 Å². The summed E-state index contributed by atoms with van der Waals surface area (Å²) in [5.41, 5.74) is 2.37. The quantitative estimate of drug-likeness (QED) is 0.128. The van der Waals surface area contributed by atoms with Crippen LogP contribution >= 0.6 is 20.7 Å². The van der Waals surface area contributed by atoms with Gasteiger partial charge in [-0.3, -0.25) is 38.1 Å². The summed E-state index contributed by atoms with van der Waals surface area (Å²) in [5, 5.41) is 0. The molecule has 3 heterocycles. The highest BCUT2D eigenvalue weighted by atomic mass is 32.9. The summed E-state index contributed by atoms with van der Waals surface area (Å²) < 4.78 is 59.7. The number of aryl methyl sites for hydroxylation is 1. The Morgan fingerprint density at radius 2 is 1.03 bits per heavy atom. The van der Waals surface area contributed by atoms with Crippen molar-refractivity contribution in [3.63, 3.8) is 0 Å². The Hall–Kier alpha value is -5.81. The highest BCUT2D eigenvalue weighted by Crippen LogP contribution is 2.35. The monoisotopic (exact) mass is 917 g/mol. The summed E-state index contributed by atoms with van der Waals surface area (Å²) in [4.78, 5) is 98.1. The molecule has 0 radical (unpaired) electrons. The first kappa shape index (κ1) is 48.2. The third kappa shape index (κ3) is 13.3. The minimum Gasteiger partial charge on any atom is -0.463 e. The van der Waals surface area contributed by atoms with Gasteiger partial charge in [0.15, 0.2) is 43.0 Å². The second-order valence-electron chi connectivity index (χ2n) is 14.2. The number of carbonyl (C=O) groups excluding carboxylic acids is 7. The molecule has 0 spiro atoms. The number of esters is 7. The summed E-state index contributed by atoms with van der Waals surface area (Å²) in [6, 6.07) is 16.7. The van der Waals surface area contributed by atoms with Gasteiger partial charge in [-0.15, -0.1) is 0 Å². The molecule has 10 atom stereocenters. The molecule has 0 saturated carbocycles. The maximum absolute atomic E-state index is 12.9. The Kier molecular flexibility index (Phi) is 16.8. The molecule has 63 heavy (non-hydrogen) atoms. The van der Waals surface area contributed by atoms with E-state index in [1.165, 1.54) is 20.7 Å². The zero-order valence-corrected chi connectivity index (χ0v) is 37.1. The first-order chi connectivity index (χ1) is 29.9. The third-order valence-corrected chi connectivity index (χ3v) is 11.1. The van der Waals surface area contributed by atoms with Crippen LogP contribution in [0.3, 0.4) is 0 Å². The summed E-state index contributed by atoms with van der Waals surface area (Å²) in [6.45, 7) is 8.40. The summed E-state index contributed by atoms with van der Waals surface area (Å²) in [5.74, 6) is -5.90. The van der Waals surface area contributed by atoms with Gasteiger partial charge in [0.1, 0.15) is 31.5 Å². The number of hydrogen-bond acceptors (Lipinski definition) is 21. The fraction of sp³-hybridized carbons (Fsp3) is 0.488. The van der Waals surface area contributed by atoms with Gasteiger partial charge in [0.2, 0.25) is 9.60 Å². The Morgan fingerprint density at radius 1 is 0.556 bits per heavy atom. The highest BCUT2D eigenvalue weighted by Gasteiger charge is 2.57. The molecule has 2 saturated heterocycles. The predicted octanol–water partition coefficient (Wildman–Crippen LogP) is 2.66. The molecule has 3 aromatic rings. The first-order valence-corrected chi connectivity index (χ1v) is 21.6. The first-order valence-electron chi connectivity index (χ1n) is 19.4. The van der Waals surface area contributed by atoms with Crippen LogP contribution in [0.15, 0.2) is 64.6 Å². The fourth-order valence-corrected chi connectivity index (χ4v) is 8.77. The standard InChI is InChI=1S/C41H47N3O17S2/c1-20-14-16-28(17-15-20)42-40-44(29-12-10-9-11-13-29)41(63-62-40)43-38-36(57-26(7)50)34(55-24(5)48)33(30(59-38)18-52-21(2)45)61-39-37(58-27(8)51)35(56-25(6)49)32(54-23(4)47)31(60-39)19-53-22(3)46/h9-17,30-39H,18-19H2,1-8H3/b42-40?,43-41+/t30-,31-,32+,33-,34+,35+,36-,37-,38-,39+/m1/s1. The van der Waals surface area contributed by atoms with Gasteiger partial charge < -0.3 is 47.4 Å². The van der Waals surface area contributed by atoms with E-state index < -0.39 is 116 Å². The van der Waals surface area contributed by atoms with Crippen molar-refractivity contribution < 1.29 is 80.9 Å². The Balaban J connectivity index is 1.68. The van der Waals surface area contributed by atoms with E-state index in [-0.39, 0.29) is 0 Å². The molecule has 2 fully saturated rings.